The number of amides is 2. The zero-order valence-corrected chi connectivity index (χ0v) is 11.0. The van der Waals surface area contributed by atoms with E-state index in [2.05, 4.69) is 25.7 Å². The largest absolute Gasteiger partial charge is 0.453 e. The Bertz CT molecular complexity index is 437. The molecule has 0 aliphatic rings. The van der Waals surface area contributed by atoms with Gasteiger partial charge in [0, 0.05) is 25.8 Å². The number of hydrogen-bond acceptors (Lipinski definition) is 5. The van der Waals surface area contributed by atoms with Gasteiger partial charge in [0.1, 0.15) is 0 Å². The Morgan fingerprint density at radius 3 is 2.74 bits per heavy atom. The standard InChI is InChI=1S/C12H18N4O3/c1-3-13-9-5-4-6-14-10(9)11(17)15-7-8-16-12(18)19-2/h4-6,13H,3,7-8H2,1-2H3,(H,15,17)(H,16,18). The van der Waals surface area contributed by atoms with Gasteiger partial charge in [-0.3, -0.25) is 4.79 Å². The summed E-state index contributed by atoms with van der Waals surface area (Å²) in [4.78, 5) is 26.7. The number of nitrogens with one attached hydrogen (secondary N) is 3. The second kappa shape index (κ2) is 7.91. The fourth-order valence-corrected chi connectivity index (χ4v) is 1.42. The van der Waals surface area contributed by atoms with Crippen molar-refractivity contribution in [2.75, 3.05) is 32.1 Å². The first-order valence-corrected chi connectivity index (χ1v) is 5.98. The molecule has 0 aromatic carbocycles. The monoisotopic (exact) mass is 266 g/mol. The van der Waals surface area contributed by atoms with Gasteiger partial charge in [0.05, 0.1) is 12.8 Å². The van der Waals surface area contributed by atoms with E-state index in [1.54, 1.807) is 18.3 Å². The molecular weight excluding hydrogens is 248 g/mol. The molecule has 104 valence electrons. The van der Waals surface area contributed by atoms with Crippen LogP contribution < -0.4 is 16.0 Å². The summed E-state index contributed by atoms with van der Waals surface area (Å²) in [6.45, 7) is 3.24. The lowest BCUT2D eigenvalue weighted by atomic mass is 10.2. The number of ether oxygens (including phenoxy) is 1. The molecule has 0 spiro atoms. The summed E-state index contributed by atoms with van der Waals surface area (Å²) >= 11 is 0. The molecule has 19 heavy (non-hydrogen) atoms. The van der Waals surface area contributed by atoms with Crippen molar-refractivity contribution in [1.82, 2.24) is 15.6 Å². The van der Waals surface area contributed by atoms with E-state index in [4.69, 9.17) is 0 Å². The minimum Gasteiger partial charge on any atom is -0.453 e. The van der Waals surface area contributed by atoms with Gasteiger partial charge in [-0.1, -0.05) is 0 Å². The molecule has 0 bridgehead atoms. The van der Waals surface area contributed by atoms with Crippen molar-refractivity contribution in [3.8, 4) is 0 Å². The number of methoxy groups -OCH3 is 1. The summed E-state index contributed by atoms with van der Waals surface area (Å²) < 4.78 is 4.41. The van der Waals surface area contributed by atoms with Gasteiger partial charge in [-0.2, -0.15) is 0 Å². The first kappa shape index (κ1) is 14.7. The van der Waals surface area contributed by atoms with Gasteiger partial charge in [0.15, 0.2) is 5.69 Å². The summed E-state index contributed by atoms with van der Waals surface area (Å²) in [6, 6.07) is 3.55. The smallest absolute Gasteiger partial charge is 0.406 e. The quantitative estimate of drug-likeness (QED) is 0.656. The van der Waals surface area contributed by atoms with Gasteiger partial charge in [0.2, 0.25) is 0 Å². The first-order valence-electron chi connectivity index (χ1n) is 5.98. The molecule has 0 aliphatic heterocycles. The van der Waals surface area contributed by atoms with E-state index in [-0.39, 0.29) is 5.91 Å². The normalized spacial score (nSPS) is 9.58. The molecule has 0 aliphatic carbocycles. The van der Waals surface area contributed by atoms with Crippen LogP contribution in [0.4, 0.5) is 10.5 Å². The minimum absolute atomic E-state index is 0.289. The third-order valence-corrected chi connectivity index (χ3v) is 2.26. The lowest BCUT2D eigenvalue weighted by Gasteiger charge is -2.10. The third-order valence-electron chi connectivity index (χ3n) is 2.26. The highest BCUT2D eigenvalue weighted by molar-refractivity contribution is 5.97. The average Bonchev–Trinajstić information content (AvgIpc) is 2.44. The number of rotatable bonds is 6. The zero-order valence-electron chi connectivity index (χ0n) is 11.0. The van der Waals surface area contributed by atoms with Crippen molar-refractivity contribution in [3.63, 3.8) is 0 Å². The van der Waals surface area contributed by atoms with E-state index in [0.29, 0.717) is 31.0 Å². The number of nitrogens with zero attached hydrogens (tertiary/aromatic N) is 1. The molecule has 7 nitrogen and oxygen atoms in total. The Morgan fingerprint density at radius 2 is 2.05 bits per heavy atom. The maximum absolute atomic E-state index is 11.9. The van der Waals surface area contributed by atoms with Crippen molar-refractivity contribution >= 4 is 17.7 Å². The maximum atomic E-state index is 11.9. The van der Waals surface area contributed by atoms with E-state index in [9.17, 15) is 9.59 Å². The van der Waals surface area contributed by atoms with Gasteiger partial charge in [-0.25, -0.2) is 9.78 Å². The third kappa shape index (κ3) is 4.82. The van der Waals surface area contributed by atoms with Crippen LogP contribution in [0, 0.1) is 0 Å². The maximum Gasteiger partial charge on any atom is 0.406 e. The Balaban J connectivity index is 2.47. The molecule has 1 rings (SSSR count). The predicted octanol–water partition coefficient (Wildman–Crippen LogP) is 0.599. The van der Waals surface area contributed by atoms with Crippen LogP contribution in [0.3, 0.4) is 0 Å². The van der Waals surface area contributed by atoms with Crippen molar-refractivity contribution in [2.45, 2.75) is 6.92 Å². The summed E-state index contributed by atoms with van der Waals surface area (Å²) in [7, 11) is 1.28. The van der Waals surface area contributed by atoms with E-state index in [0.717, 1.165) is 0 Å². The van der Waals surface area contributed by atoms with Crippen LogP contribution >= 0.6 is 0 Å². The summed E-state index contributed by atoms with van der Waals surface area (Å²) in [6.07, 6.45) is 1.03. The van der Waals surface area contributed by atoms with Gasteiger partial charge in [-0.05, 0) is 19.1 Å². The van der Waals surface area contributed by atoms with E-state index < -0.39 is 6.09 Å². The lowest BCUT2D eigenvalue weighted by Crippen LogP contribution is -2.35. The zero-order chi connectivity index (χ0) is 14.1. The number of hydrogen-bond donors (Lipinski definition) is 3. The molecule has 1 heterocycles. The predicted molar refractivity (Wildman–Crippen MR) is 71.1 cm³/mol. The fraction of sp³-hybridized carbons (Fsp3) is 0.417. The van der Waals surface area contributed by atoms with Gasteiger partial charge in [-0.15, -0.1) is 0 Å². The van der Waals surface area contributed by atoms with Gasteiger partial charge in [0.25, 0.3) is 5.91 Å². The van der Waals surface area contributed by atoms with Crippen LogP contribution in [-0.2, 0) is 4.74 Å². The van der Waals surface area contributed by atoms with Crippen LogP contribution in [0.1, 0.15) is 17.4 Å². The SMILES string of the molecule is CCNc1cccnc1C(=O)NCCNC(=O)OC. The fourth-order valence-electron chi connectivity index (χ4n) is 1.42. The number of pyridine rings is 1. The Kier molecular flexibility index (Phi) is 6.14. The molecule has 7 heteroatoms. The average molecular weight is 266 g/mol. The van der Waals surface area contributed by atoms with Gasteiger partial charge < -0.3 is 20.7 Å². The summed E-state index contributed by atoms with van der Waals surface area (Å²) in [5.74, 6) is -0.289. The Labute approximate surface area is 111 Å². The topological polar surface area (TPSA) is 92.4 Å². The molecule has 0 radical (unpaired) electrons. The lowest BCUT2D eigenvalue weighted by molar-refractivity contribution is 0.0948. The molecule has 0 atom stereocenters. The second-order valence-corrected chi connectivity index (χ2v) is 3.60. The van der Waals surface area contributed by atoms with Crippen molar-refractivity contribution in [1.29, 1.82) is 0 Å². The van der Waals surface area contributed by atoms with Crippen LogP contribution in [-0.4, -0.2) is 43.7 Å². The molecule has 0 saturated heterocycles. The molecule has 3 N–H and O–H groups in total. The highest BCUT2D eigenvalue weighted by atomic mass is 16.5. The number of carbonyl (C=O) groups excluding carboxylic acids is 2. The molecule has 2 amide bonds. The number of aromatic nitrogens is 1. The molecular formula is C12H18N4O3. The Hall–Kier alpha value is -2.31. The van der Waals surface area contributed by atoms with Crippen LogP contribution in [0.15, 0.2) is 18.3 Å². The highest BCUT2D eigenvalue weighted by Gasteiger charge is 2.11. The summed E-state index contributed by atoms with van der Waals surface area (Å²) in [5, 5.41) is 8.19. The van der Waals surface area contributed by atoms with E-state index >= 15 is 0 Å². The van der Waals surface area contributed by atoms with Gasteiger partial charge >= 0.3 is 6.09 Å². The number of alkyl carbamates (subject to hydrolysis) is 1. The summed E-state index contributed by atoms with van der Waals surface area (Å²) in [5.41, 5.74) is 1.02. The minimum atomic E-state index is -0.527. The number of carbonyl (C=O) groups is 2. The van der Waals surface area contributed by atoms with E-state index in [1.807, 2.05) is 6.92 Å². The molecule has 1 aromatic rings. The van der Waals surface area contributed by atoms with Crippen LogP contribution in [0.2, 0.25) is 0 Å². The van der Waals surface area contributed by atoms with Crippen LogP contribution in [0.5, 0.6) is 0 Å². The molecule has 0 unspecified atom stereocenters. The number of anilines is 1. The van der Waals surface area contributed by atoms with E-state index in [1.165, 1.54) is 7.11 Å². The van der Waals surface area contributed by atoms with Crippen molar-refractivity contribution < 1.29 is 14.3 Å². The van der Waals surface area contributed by atoms with Crippen molar-refractivity contribution in [2.24, 2.45) is 0 Å². The molecule has 1 aromatic heterocycles. The van der Waals surface area contributed by atoms with Crippen molar-refractivity contribution in [3.05, 3.63) is 24.0 Å². The Morgan fingerprint density at radius 1 is 1.32 bits per heavy atom. The molecule has 0 saturated carbocycles. The molecule has 0 fully saturated rings. The highest BCUT2D eigenvalue weighted by Crippen LogP contribution is 2.11. The first-order chi connectivity index (χ1) is 9.19. The second-order valence-electron chi connectivity index (χ2n) is 3.60. The van der Waals surface area contributed by atoms with Crippen LogP contribution in [0.25, 0.3) is 0 Å².